The van der Waals surface area contributed by atoms with Gasteiger partial charge in [-0.2, -0.15) is 9.37 Å². The quantitative estimate of drug-likeness (QED) is 0.625. The molecular formula is C5H4FN3O2. The molecule has 1 aromatic rings. The van der Waals surface area contributed by atoms with Crippen LogP contribution >= 0.6 is 0 Å². The van der Waals surface area contributed by atoms with E-state index in [1.54, 1.807) is 0 Å². The second-order valence-corrected chi connectivity index (χ2v) is 1.60. The summed E-state index contributed by atoms with van der Waals surface area (Å²) >= 11 is 0. The molecule has 5 nitrogen and oxygen atoms in total. The number of halogens is 1. The second-order valence-electron chi connectivity index (χ2n) is 1.60. The number of ether oxygens (including phenoxy) is 1. The van der Waals surface area contributed by atoms with Crippen LogP contribution in [0, 0.1) is 5.95 Å². The molecular weight excluding hydrogens is 153 g/mol. The summed E-state index contributed by atoms with van der Waals surface area (Å²) in [4.78, 5) is 16.6. The van der Waals surface area contributed by atoms with Gasteiger partial charge in [0.05, 0.1) is 12.4 Å². The minimum Gasteiger partial charge on any atom is -0.390 e. The summed E-state index contributed by atoms with van der Waals surface area (Å²) in [5.41, 5.74) is 4.62. The van der Waals surface area contributed by atoms with Crippen molar-refractivity contribution in [3.8, 4) is 5.88 Å². The molecule has 1 heterocycles. The van der Waals surface area contributed by atoms with E-state index in [-0.39, 0.29) is 5.88 Å². The van der Waals surface area contributed by atoms with Crippen molar-refractivity contribution in [3.05, 3.63) is 18.3 Å². The van der Waals surface area contributed by atoms with Crippen LogP contribution < -0.4 is 10.5 Å². The van der Waals surface area contributed by atoms with Crippen molar-refractivity contribution in [3.63, 3.8) is 0 Å². The van der Waals surface area contributed by atoms with Crippen molar-refractivity contribution < 1.29 is 13.9 Å². The monoisotopic (exact) mass is 157 g/mol. The molecule has 1 amide bonds. The normalized spacial score (nSPS) is 9.18. The van der Waals surface area contributed by atoms with Crippen LogP contribution in [-0.4, -0.2) is 16.1 Å². The average Bonchev–Trinajstić information content (AvgIpc) is 1.85. The number of aromatic nitrogens is 2. The molecule has 0 aromatic carbocycles. The molecule has 0 aliphatic carbocycles. The second kappa shape index (κ2) is 2.91. The maximum absolute atomic E-state index is 12.2. The summed E-state index contributed by atoms with van der Waals surface area (Å²) in [6, 6.07) is 0. The maximum Gasteiger partial charge on any atom is 0.411 e. The number of rotatable bonds is 1. The van der Waals surface area contributed by atoms with E-state index >= 15 is 0 Å². The van der Waals surface area contributed by atoms with Crippen molar-refractivity contribution >= 4 is 6.09 Å². The minimum absolute atomic E-state index is 0.252. The van der Waals surface area contributed by atoms with Crippen LogP contribution in [0.4, 0.5) is 9.18 Å². The van der Waals surface area contributed by atoms with Gasteiger partial charge in [-0.15, -0.1) is 0 Å². The van der Waals surface area contributed by atoms with Crippen LogP contribution in [0.2, 0.25) is 0 Å². The number of nitrogens with two attached hydrogens (primary N) is 1. The van der Waals surface area contributed by atoms with Gasteiger partial charge >= 0.3 is 6.09 Å². The Balaban J connectivity index is 2.79. The molecule has 1 aromatic heterocycles. The van der Waals surface area contributed by atoms with Crippen LogP contribution in [0.15, 0.2) is 12.4 Å². The fourth-order valence-electron chi connectivity index (χ4n) is 0.478. The van der Waals surface area contributed by atoms with E-state index in [1.165, 1.54) is 0 Å². The van der Waals surface area contributed by atoms with Gasteiger partial charge in [-0.1, -0.05) is 0 Å². The number of hydrogen-bond donors (Lipinski definition) is 1. The number of carbonyl (C=O) groups excluding carboxylic acids is 1. The van der Waals surface area contributed by atoms with Gasteiger partial charge in [-0.05, 0) is 0 Å². The Morgan fingerprint density at radius 1 is 1.64 bits per heavy atom. The largest absolute Gasteiger partial charge is 0.411 e. The van der Waals surface area contributed by atoms with E-state index in [4.69, 9.17) is 0 Å². The van der Waals surface area contributed by atoms with Crippen molar-refractivity contribution in [1.82, 2.24) is 9.97 Å². The predicted molar refractivity (Wildman–Crippen MR) is 32.2 cm³/mol. The van der Waals surface area contributed by atoms with E-state index in [0.717, 1.165) is 12.4 Å². The Kier molecular flexibility index (Phi) is 1.95. The third-order valence-electron chi connectivity index (χ3n) is 0.788. The van der Waals surface area contributed by atoms with Gasteiger partial charge in [0.2, 0.25) is 11.8 Å². The van der Waals surface area contributed by atoms with Crippen molar-refractivity contribution in [2.75, 3.05) is 0 Å². The van der Waals surface area contributed by atoms with Crippen molar-refractivity contribution in [2.45, 2.75) is 0 Å². The highest BCUT2D eigenvalue weighted by atomic mass is 19.1. The number of carbonyl (C=O) groups is 1. The highest BCUT2D eigenvalue weighted by molar-refractivity contribution is 5.67. The van der Waals surface area contributed by atoms with Gasteiger partial charge in [-0.3, -0.25) is 4.98 Å². The van der Waals surface area contributed by atoms with Crippen LogP contribution in [0.5, 0.6) is 5.88 Å². The Bertz CT molecular complexity index is 278. The molecule has 0 spiro atoms. The third kappa shape index (κ3) is 2.17. The molecule has 0 radical (unpaired) electrons. The van der Waals surface area contributed by atoms with E-state index in [2.05, 4.69) is 20.4 Å². The number of nitrogens with zero attached hydrogens (tertiary/aromatic N) is 2. The van der Waals surface area contributed by atoms with Crippen LogP contribution in [-0.2, 0) is 0 Å². The van der Waals surface area contributed by atoms with Crippen LogP contribution in [0.25, 0.3) is 0 Å². The molecule has 11 heavy (non-hydrogen) atoms. The number of hydrogen-bond acceptors (Lipinski definition) is 4. The summed E-state index contributed by atoms with van der Waals surface area (Å²) in [5.74, 6) is -1.08. The first-order valence-corrected chi connectivity index (χ1v) is 2.63. The molecule has 58 valence electrons. The highest BCUT2D eigenvalue weighted by Gasteiger charge is 2.00. The van der Waals surface area contributed by atoms with E-state index in [1.807, 2.05) is 0 Å². The van der Waals surface area contributed by atoms with E-state index in [0.29, 0.717) is 0 Å². The Morgan fingerprint density at radius 2 is 2.36 bits per heavy atom. The predicted octanol–water partition coefficient (Wildman–Crippen LogP) is 0.0732. The van der Waals surface area contributed by atoms with Gasteiger partial charge in [-0.25, -0.2) is 4.79 Å². The lowest BCUT2D eigenvalue weighted by atomic mass is 10.7. The SMILES string of the molecule is NC(=O)Oc1cncc(F)n1. The lowest BCUT2D eigenvalue weighted by Gasteiger charge is -1.96. The van der Waals surface area contributed by atoms with Gasteiger partial charge in [0.25, 0.3) is 0 Å². The number of primary amides is 1. The Morgan fingerprint density at radius 3 is 2.91 bits per heavy atom. The molecule has 0 fully saturated rings. The fourth-order valence-corrected chi connectivity index (χ4v) is 0.478. The molecule has 0 atom stereocenters. The van der Waals surface area contributed by atoms with Crippen molar-refractivity contribution in [1.29, 1.82) is 0 Å². The van der Waals surface area contributed by atoms with Crippen molar-refractivity contribution in [2.24, 2.45) is 5.73 Å². The molecule has 0 bridgehead atoms. The first-order valence-electron chi connectivity index (χ1n) is 2.63. The average molecular weight is 157 g/mol. The first kappa shape index (κ1) is 7.39. The highest BCUT2D eigenvalue weighted by Crippen LogP contribution is 2.02. The molecule has 0 saturated carbocycles. The molecule has 2 N–H and O–H groups in total. The summed E-state index contributed by atoms with van der Waals surface area (Å²) in [7, 11) is 0. The summed E-state index contributed by atoms with van der Waals surface area (Å²) < 4.78 is 16.4. The third-order valence-corrected chi connectivity index (χ3v) is 0.788. The standard InChI is InChI=1S/C5H4FN3O2/c6-3-1-8-2-4(9-3)11-5(7)10/h1-2H,(H2,7,10). The molecule has 0 unspecified atom stereocenters. The number of amides is 1. The molecule has 0 saturated heterocycles. The first-order chi connectivity index (χ1) is 5.18. The molecule has 1 rings (SSSR count). The minimum atomic E-state index is -1.05. The Hall–Kier alpha value is -1.72. The van der Waals surface area contributed by atoms with Gasteiger partial charge in [0.15, 0.2) is 0 Å². The molecule has 6 heteroatoms. The lowest BCUT2D eigenvalue weighted by Crippen LogP contribution is -2.17. The zero-order chi connectivity index (χ0) is 8.27. The lowest BCUT2D eigenvalue weighted by molar-refractivity contribution is 0.208. The van der Waals surface area contributed by atoms with Gasteiger partial charge in [0, 0.05) is 0 Å². The molecule has 0 aliphatic rings. The van der Waals surface area contributed by atoms with Crippen LogP contribution in [0.1, 0.15) is 0 Å². The van der Waals surface area contributed by atoms with E-state index in [9.17, 15) is 9.18 Å². The smallest absolute Gasteiger partial charge is 0.390 e. The topological polar surface area (TPSA) is 78.1 Å². The maximum atomic E-state index is 12.2. The Labute approximate surface area is 61.0 Å². The zero-order valence-electron chi connectivity index (χ0n) is 5.32. The molecule has 0 aliphatic heterocycles. The van der Waals surface area contributed by atoms with Crippen LogP contribution in [0.3, 0.4) is 0 Å². The van der Waals surface area contributed by atoms with Gasteiger partial charge < -0.3 is 10.5 Å². The summed E-state index contributed by atoms with van der Waals surface area (Å²) in [6.45, 7) is 0. The van der Waals surface area contributed by atoms with Gasteiger partial charge in [0.1, 0.15) is 0 Å². The van der Waals surface area contributed by atoms with E-state index < -0.39 is 12.0 Å². The summed E-state index contributed by atoms with van der Waals surface area (Å²) in [6.07, 6.45) is 0.909. The fraction of sp³-hybridized carbons (Fsp3) is 0. The zero-order valence-corrected chi connectivity index (χ0v) is 5.32. The summed E-state index contributed by atoms with van der Waals surface area (Å²) in [5, 5.41) is 0.